The van der Waals surface area contributed by atoms with E-state index in [2.05, 4.69) is 48.1 Å². The predicted octanol–water partition coefficient (Wildman–Crippen LogP) is 6.29. The minimum Gasteiger partial charge on any atom is -0.305 e. The second-order valence-corrected chi connectivity index (χ2v) is 6.92. The van der Waals surface area contributed by atoms with E-state index in [1.54, 1.807) is 6.20 Å². The van der Waals surface area contributed by atoms with Crippen molar-refractivity contribution in [3.8, 4) is 22.5 Å². The number of aromatic nitrogens is 2. The van der Waals surface area contributed by atoms with Crippen molar-refractivity contribution in [3.05, 3.63) is 109 Å². The average molecular weight is 557 g/mol. The van der Waals surface area contributed by atoms with Gasteiger partial charge < -0.3 is 9.97 Å². The summed E-state index contributed by atoms with van der Waals surface area (Å²) in [7, 11) is 0. The van der Waals surface area contributed by atoms with Gasteiger partial charge in [-0.15, -0.1) is 71.8 Å². The fraction of sp³-hybridized carbons (Fsp3) is 0.154. The van der Waals surface area contributed by atoms with E-state index in [0.717, 1.165) is 28.9 Å². The second-order valence-electron chi connectivity index (χ2n) is 6.92. The molecule has 0 unspecified atom stereocenters. The van der Waals surface area contributed by atoms with Gasteiger partial charge in [-0.1, -0.05) is 38.1 Å². The number of hydrogen-bond acceptors (Lipinski definition) is 2. The topological polar surface area (TPSA) is 25.8 Å². The zero-order valence-electron chi connectivity index (χ0n) is 16.7. The van der Waals surface area contributed by atoms with Crippen LogP contribution in [0.25, 0.3) is 22.5 Å². The van der Waals surface area contributed by atoms with Gasteiger partial charge in [0.25, 0.3) is 0 Å². The molecule has 3 heteroatoms. The van der Waals surface area contributed by atoms with Crippen molar-refractivity contribution in [3.63, 3.8) is 0 Å². The Labute approximate surface area is 187 Å². The van der Waals surface area contributed by atoms with Crippen molar-refractivity contribution < 1.29 is 20.1 Å². The largest absolute Gasteiger partial charge is 0.305 e. The van der Waals surface area contributed by atoms with Crippen molar-refractivity contribution in [2.45, 2.75) is 20.3 Å². The Kier molecular flexibility index (Phi) is 9.43. The molecule has 29 heavy (non-hydrogen) atoms. The van der Waals surface area contributed by atoms with Crippen LogP contribution in [0.3, 0.4) is 0 Å². The molecule has 2 aromatic carbocycles. The molecule has 0 aliphatic heterocycles. The molecule has 0 spiro atoms. The smallest absolute Gasteiger partial charge is 0.0192 e. The molecule has 4 aromatic rings. The Bertz CT molecular complexity index is 901. The molecule has 0 fully saturated rings. The maximum Gasteiger partial charge on any atom is 0.0192 e. The van der Waals surface area contributed by atoms with Crippen molar-refractivity contribution in [1.82, 2.24) is 9.97 Å². The molecule has 2 aromatic heterocycles. The Balaban J connectivity index is 0.000000207. The van der Waals surface area contributed by atoms with Crippen LogP contribution in [0.1, 0.15) is 19.4 Å². The third-order valence-corrected chi connectivity index (χ3v) is 4.10. The Hall–Kier alpha value is -2.61. The van der Waals surface area contributed by atoms with Crippen molar-refractivity contribution in [2.24, 2.45) is 5.92 Å². The average Bonchev–Trinajstić information content (AvgIpc) is 2.76. The molecule has 2 heterocycles. The Morgan fingerprint density at radius 3 is 1.79 bits per heavy atom. The van der Waals surface area contributed by atoms with Crippen LogP contribution in [-0.2, 0) is 26.5 Å². The van der Waals surface area contributed by atoms with Crippen molar-refractivity contribution >= 4 is 0 Å². The molecule has 0 atom stereocenters. The first-order valence-corrected chi connectivity index (χ1v) is 9.52. The number of benzene rings is 2. The first kappa shape index (κ1) is 22.7. The van der Waals surface area contributed by atoms with E-state index in [1.807, 2.05) is 72.9 Å². The monoisotopic (exact) mass is 557 g/mol. The summed E-state index contributed by atoms with van der Waals surface area (Å²) in [4.78, 5) is 8.69. The molecule has 0 saturated heterocycles. The molecule has 149 valence electrons. The van der Waals surface area contributed by atoms with Crippen LogP contribution in [0.4, 0.5) is 0 Å². The number of nitrogens with zero attached hydrogens (tertiary/aromatic N) is 2. The molecule has 4 rings (SSSR count). The van der Waals surface area contributed by atoms with Gasteiger partial charge in [-0.25, -0.2) is 0 Å². The zero-order valence-corrected chi connectivity index (χ0v) is 19.1. The summed E-state index contributed by atoms with van der Waals surface area (Å²) in [5.41, 5.74) is 5.36. The fourth-order valence-corrected chi connectivity index (χ4v) is 2.80. The molecule has 2 nitrogen and oxygen atoms in total. The Morgan fingerprint density at radius 1 is 0.724 bits per heavy atom. The van der Waals surface area contributed by atoms with Gasteiger partial charge in [0, 0.05) is 32.5 Å². The van der Waals surface area contributed by atoms with Crippen LogP contribution in [0.15, 0.2) is 91.3 Å². The van der Waals surface area contributed by atoms with Gasteiger partial charge in [0.05, 0.1) is 0 Å². The third-order valence-electron chi connectivity index (χ3n) is 4.10. The van der Waals surface area contributed by atoms with Crippen LogP contribution in [0.2, 0.25) is 0 Å². The standard InChI is InChI=1S/C15H16N.C11H8N.Ir/c1-12(2)10-13-8-9-15(16-11-13)14-6-4-3-5-7-14;1-2-6-10(7-3-1)11-8-4-5-9-12-11;/h3-6,8-9,11-12H,10H2,1-2H3;1-6,8-9H;/q2*-1;. The van der Waals surface area contributed by atoms with Crippen molar-refractivity contribution in [2.75, 3.05) is 0 Å². The summed E-state index contributed by atoms with van der Waals surface area (Å²) >= 11 is 0. The van der Waals surface area contributed by atoms with Crippen LogP contribution >= 0.6 is 0 Å². The first-order valence-electron chi connectivity index (χ1n) is 9.52. The number of hydrogen-bond donors (Lipinski definition) is 0. The van der Waals surface area contributed by atoms with Gasteiger partial charge in [-0.05, 0) is 35.4 Å². The fourth-order valence-electron chi connectivity index (χ4n) is 2.80. The van der Waals surface area contributed by atoms with E-state index in [9.17, 15) is 0 Å². The summed E-state index contributed by atoms with van der Waals surface area (Å²) in [6.07, 6.45) is 4.85. The van der Waals surface area contributed by atoms with E-state index >= 15 is 0 Å². The molecule has 0 amide bonds. The molecular formula is C26H24IrN2-2. The SMILES string of the molecule is CC(C)Cc1ccc(-c2[c-]cccc2)nc1.[Ir].[c-]1ccccc1-c1ccccn1. The first-order chi connectivity index (χ1) is 13.7. The molecule has 1 radical (unpaired) electrons. The molecular weight excluding hydrogens is 533 g/mol. The van der Waals surface area contributed by atoms with Gasteiger partial charge in [-0.2, -0.15) is 0 Å². The minimum atomic E-state index is 0. The maximum atomic E-state index is 4.47. The summed E-state index contributed by atoms with van der Waals surface area (Å²) in [5, 5.41) is 0. The molecule has 0 N–H and O–H groups in total. The molecule has 0 aliphatic rings. The predicted molar refractivity (Wildman–Crippen MR) is 116 cm³/mol. The zero-order chi connectivity index (χ0) is 19.6. The van der Waals surface area contributed by atoms with Gasteiger partial charge in [0.15, 0.2) is 0 Å². The molecule has 0 saturated carbocycles. The molecule has 0 aliphatic carbocycles. The van der Waals surface area contributed by atoms with Crippen molar-refractivity contribution in [1.29, 1.82) is 0 Å². The van der Waals surface area contributed by atoms with Crippen LogP contribution in [-0.4, -0.2) is 9.97 Å². The van der Waals surface area contributed by atoms with E-state index in [0.29, 0.717) is 5.92 Å². The summed E-state index contributed by atoms with van der Waals surface area (Å²) in [6, 6.07) is 32.2. The van der Waals surface area contributed by atoms with Gasteiger partial charge >= 0.3 is 0 Å². The van der Waals surface area contributed by atoms with E-state index < -0.39 is 0 Å². The van der Waals surface area contributed by atoms with Gasteiger partial charge in [0.1, 0.15) is 0 Å². The van der Waals surface area contributed by atoms with E-state index in [4.69, 9.17) is 0 Å². The maximum absolute atomic E-state index is 4.47. The summed E-state index contributed by atoms with van der Waals surface area (Å²) in [5.74, 6) is 0.677. The van der Waals surface area contributed by atoms with Crippen LogP contribution in [0.5, 0.6) is 0 Å². The third kappa shape index (κ3) is 7.38. The Morgan fingerprint density at radius 2 is 1.34 bits per heavy atom. The van der Waals surface area contributed by atoms with Gasteiger partial charge in [-0.3, -0.25) is 0 Å². The number of rotatable bonds is 4. The second kappa shape index (κ2) is 12.1. The van der Waals surface area contributed by atoms with Crippen LogP contribution in [0, 0.1) is 18.1 Å². The number of pyridine rings is 2. The minimum absolute atomic E-state index is 0. The normalized spacial score (nSPS) is 9.90. The summed E-state index contributed by atoms with van der Waals surface area (Å²) in [6.45, 7) is 4.44. The quantitative estimate of drug-likeness (QED) is 0.276. The molecule has 0 bridgehead atoms. The van der Waals surface area contributed by atoms with E-state index in [-0.39, 0.29) is 20.1 Å². The van der Waals surface area contributed by atoms with E-state index in [1.165, 1.54) is 5.56 Å². The summed E-state index contributed by atoms with van der Waals surface area (Å²) < 4.78 is 0. The van der Waals surface area contributed by atoms with Crippen LogP contribution < -0.4 is 0 Å². The van der Waals surface area contributed by atoms with Gasteiger partial charge in [0.2, 0.25) is 0 Å².